The molecular weight excluding hydrogens is 378 g/mol. The third kappa shape index (κ3) is 3.47. The lowest BCUT2D eigenvalue weighted by molar-refractivity contribution is 0.0953. The van der Waals surface area contributed by atoms with Gasteiger partial charge in [0.15, 0.2) is 11.0 Å². The van der Waals surface area contributed by atoms with Gasteiger partial charge in [0.25, 0.3) is 0 Å². The van der Waals surface area contributed by atoms with Crippen LogP contribution < -0.4 is 0 Å². The fourth-order valence-corrected chi connectivity index (χ4v) is 4.70. The van der Waals surface area contributed by atoms with Crippen molar-refractivity contribution in [1.29, 1.82) is 0 Å². The van der Waals surface area contributed by atoms with Crippen LogP contribution in [-0.2, 0) is 11.3 Å². The summed E-state index contributed by atoms with van der Waals surface area (Å²) in [6, 6.07) is 12.0. The highest BCUT2D eigenvalue weighted by Crippen LogP contribution is 2.32. The number of benzene rings is 1. The highest BCUT2D eigenvalue weighted by atomic mass is 32.2. The van der Waals surface area contributed by atoms with E-state index in [0.29, 0.717) is 0 Å². The molecule has 1 saturated heterocycles. The van der Waals surface area contributed by atoms with Gasteiger partial charge in [-0.05, 0) is 48.2 Å². The largest absolute Gasteiger partial charge is 0.376 e. The van der Waals surface area contributed by atoms with E-state index in [0.717, 1.165) is 57.9 Å². The lowest BCUT2D eigenvalue weighted by Crippen LogP contribution is -2.16. The zero-order chi connectivity index (χ0) is 18.1. The van der Waals surface area contributed by atoms with Gasteiger partial charge < -0.3 is 4.74 Å². The maximum atomic E-state index is 5.85. The minimum atomic E-state index is 0.210. The van der Waals surface area contributed by atoms with E-state index in [1.807, 2.05) is 30.3 Å². The molecule has 4 aromatic rings. The number of aromatic nitrogens is 5. The van der Waals surface area contributed by atoms with E-state index in [4.69, 9.17) is 9.72 Å². The molecular formula is C19H17N5OS2. The molecule has 1 fully saturated rings. The van der Waals surface area contributed by atoms with Crippen molar-refractivity contribution >= 4 is 34.1 Å². The molecule has 0 amide bonds. The summed E-state index contributed by atoms with van der Waals surface area (Å²) in [5.41, 5.74) is 1.77. The van der Waals surface area contributed by atoms with Gasteiger partial charge in [0.2, 0.25) is 0 Å². The maximum Gasteiger partial charge on any atom is 0.197 e. The number of thiophene rings is 1. The quantitative estimate of drug-likeness (QED) is 0.502. The lowest BCUT2D eigenvalue weighted by Gasteiger charge is -2.14. The smallest absolute Gasteiger partial charge is 0.197 e. The van der Waals surface area contributed by atoms with E-state index < -0.39 is 0 Å². The Balaban J connectivity index is 1.50. The zero-order valence-electron chi connectivity index (χ0n) is 14.5. The molecule has 3 aromatic heterocycles. The Morgan fingerprint density at radius 2 is 2.07 bits per heavy atom. The van der Waals surface area contributed by atoms with E-state index in [-0.39, 0.29) is 6.10 Å². The van der Waals surface area contributed by atoms with Gasteiger partial charge in [-0.25, -0.2) is 4.98 Å². The number of nitrogens with zero attached hydrogens (tertiary/aromatic N) is 5. The topological polar surface area (TPSA) is 65.7 Å². The molecule has 1 aromatic carbocycles. The third-order valence-electron chi connectivity index (χ3n) is 4.49. The van der Waals surface area contributed by atoms with Crippen LogP contribution in [0, 0.1) is 0 Å². The van der Waals surface area contributed by atoms with Crippen molar-refractivity contribution in [2.45, 2.75) is 35.7 Å². The van der Waals surface area contributed by atoms with Crippen molar-refractivity contribution in [3.8, 4) is 10.7 Å². The molecule has 4 heterocycles. The highest BCUT2D eigenvalue weighted by Gasteiger charge is 2.22. The van der Waals surface area contributed by atoms with Gasteiger partial charge in [-0.3, -0.25) is 9.55 Å². The Morgan fingerprint density at radius 3 is 2.89 bits per heavy atom. The minimum Gasteiger partial charge on any atom is -0.376 e. The summed E-state index contributed by atoms with van der Waals surface area (Å²) in [6.07, 6.45) is 4.19. The van der Waals surface area contributed by atoms with Gasteiger partial charge in [-0.1, -0.05) is 18.2 Å². The molecule has 0 spiro atoms. The summed E-state index contributed by atoms with van der Waals surface area (Å²) in [5, 5.41) is 12.6. The van der Waals surface area contributed by atoms with Crippen LogP contribution in [-0.4, -0.2) is 37.4 Å². The highest BCUT2D eigenvalue weighted by molar-refractivity contribution is 7.99. The Hall–Kier alpha value is -2.29. The second-order valence-corrected chi connectivity index (χ2v) is 8.26. The van der Waals surface area contributed by atoms with Crippen LogP contribution in [0.1, 0.15) is 12.8 Å². The van der Waals surface area contributed by atoms with Gasteiger partial charge in [-0.2, -0.15) is 0 Å². The first-order chi connectivity index (χ1) is 13.4. The van der Waals surface area contributed by atoms with Crippen LogP contribution >= 0.6 is 23.1 Å². The van der Waals surface area contributed by atoms with Crippen molar-refractivity contribution in [2.75, 3.05) is 6.61 Å². The molecule has 6 nitrogen and oxygen atoms in total. The summed E-state index contributed by atoms with van der Waals surface area (Å²) in [4.78, 5) is 10.3. The summed E-state index contributed by atoms with van der Waals surface area (Å²) in [5.74, 6) is 0.886. The predicted molar refractivity (Wildman–Crippen MR) is 106 cm³/mol. The summed E-state index contributed by atoms with van der Waals surface area (Å²) in [7, 11) is 0. The molecule has 1 atom stereocenters. The zero-order valence-corrected chi connectivity index (χ0v) is 16.1. The van der Waals surface area contributed by atoms with Gasteiger partial charge in [0.05, 0.1) is 34.8 Å². The van der Waals surface area contributed by atoms with E-state index in [1.165, 1.54) is 11.8 Å². The van der Waals surface area contributed by atoms with Crippen LogP contribution in [0.25, 0.3) is 21.7 Å². The average molecular weight is 396 g/mol. The first kappa shape index (κ1) is 16.9. The first-order valence-electron chi connectivity index (χ1n) is 8.85. The lowest BCUT2D eigenvalue weighted by atomic mass is 10.2. The summed E-state index contributed by atoms with van der Waals surface area (Å²) >= 11 is 3.16. The van der Waals surface area contributed by atoms with Crippen LogP contribution in [0.3, 0.4) is 0 Å². The van der Waals surface area contributed by atoms with Gasteiger partial charge in [-0.15, -0.1) is 21.5 Å². The Morgan fingerprint density at radius 1 is 1.15 bits per heavy atom. The van der Waals surface area contributed by atoms with Crippen LogP contribution in [0.4, 0.5) is 0 Å². The van der Waals surface area contributed by atoms with Gasteiger partial charge in [0, 0.05) is 6.61 Å². The molecule has 0 unspecified atom stereocenters. The van der Waals surface area contributed by atoms with Crippen molar-refractivity contribution in [3.63, 3.8) is 0 Å². The molecule has 136 valence electrons. The van der Waals surface area contributed by atoms with E-state index in [1.54, 1.807) is 17.5 Å². The minimum absolute atomic E-state index is 0.210. The SMILES string of the molecule is c1csc(-c2nnc(Sc3cnc4ccccc4n3)n2C[C@H]2CCCO2)c1. The van der Waals surface area contributed by atoms with E-state index in [9.17, 15) is 0 Å². The second-order valence-electron chi connectivity index (χ2n) is 6.33. The fourth-order valence-electron chi connectivity index (χ4n) is 3.19. The second kappa shape index (κ2) is 7.38. The number of fused-ring (bicyclic) bond motifs is 1. The van der Waals surface area contributed by atoms with Gasteiger partial charge >= 0.3 is 0 Å². The fraction of sp³-hybridized carbons (Fsp3) is 0.263. The standard InChI is InChI=1S/C19H17N5OS2/c1-2-7-15-14(6-1)20-11-17(21-15)27-19-23-22-18(16-8-4-10-26-16)24(19)12-13-5-3-9-25-13/h1-2,4,6-8,10-11,13H,3,5,9,12H2/t13-/m1/s1. The monoisotopic (exact) mass is 395 g/mol. The summed E-state index contributed by atoms with van der Waals surface area (Å²) in [6.45, 7) is 1.59. The Kier molecular flexibility index (Phi) is 4.61. The van der Waals surface area contributed by atoms with Crippen LogP contribution in [0.5, 0.6) is 0 Å². The normalized spacial score (nSPS) is 17.0. The molecule has 1 aliphatic heterocycles. The van der Waals surface area contributed by atoms with E-state index in [2.05, 4.69) is 31.2 Å². The van der Waals surface area contributed by atoms with Crippen LogP contribution in [0.15, 0.2) is 58.2 Å². The van der Waals surface area contributed by atoms with Crippen molar-refractivity contribution in [2.24, 2.45) is 0 Å². The number of para-hydroxylation sites is 2. The number of ether oxygens (including phenoxy) is 1. The molecule has 0 bridgehead atoms. The average Bonchev–Trinajstić information content (AvgIpc) is 3.45. The molecule has 0 saturated carbocycles. The van der Waals surface area contributed by atoms with Gasteiger partial charge in [0.1, 0.15) is 5.03 Å². The molecule has 0 aliphatic carbocycles. The maximum absolute atomic E-state index is 5.85. The third-order valence-corrected chi connectivity index (χ3v) is 6.25. The number of hydrogen-bond donors (Lipinski definition) is 0. The molecule has 1 aliphatic rings. The molecule has 27 heavy (non-hydrogen) atoms. The van der Waals surface area contributed by atoms with Crippen molar-refractivity contribution in [1.82, 2.24) is 24.7 Å². The van der Waals surface area contributed by atoms with Crippen molar-refractivity contribution < 1.29 is 4.74 Å². The van der Waals surface area contributed by atoms with E-state index >= 15 is 0 Å². The molecule has 8 heteroatoms. The molecule has 5 rings (SSSR count). The van der Waals surface area contributed by atoms with Crippen LogP contribution in [0.2, 0.25) is 0 Å². The predicted octanol–water partition coefficient (Wildman–Crippen LogP) is 4.28. The van der Waals surface area contributed by atoms with Crippen molar-refractivity contribution in [3.05, 3.63) is 48.0 Å². The first-order valence-corrected chi connectivity index (χ1v) is 10.5. The number of rotatable bonds is 5. The Labute approximate surface area is 164 Å². The summed E-state index contributed by atoms with van der Waals surface area (Å²) < 4.78 is 8.01. The Bertz CT molecular complexity index is 1060. The number of hydrogen-bond acceptors (Lipinski definition) is 7. The molecule has 0 radical (unpaired) electrons. The molecule has 0 N–H and O–H groups in total.